The number of benzene rings is 9. The number of anilines is 3. The lowest BCUT2D eigenvalue weighted by molar-refractivity contribution is 0.477. The molecule has 1 aromatic heterocycles. The molecule has 9 aromatic carbocycles. The maximum Gasteiger partial charge on any atom is 0.243 e. The number of phenols is 1. The molecule has 4 heteroatoms. The van der Waals surface area contributed by atoms with Crippen LogP contribution in [0.15, 0.2) is 174 Å². The van der Waals surface area contributed by atoms with E-state index in [0.717, 1.165) is 66.6 Å². The highest BCUT2D eigenvalue weighted by Gasteiger charge is 2.35. The van der Waals surface area contributed by atoms with Gasteiger partial charge in [0.25, 0.3) is 0 Å². The Morgan fingerprint density at radius 1 is 0.459 bits per heavy atom. The van der Waals surface area contributed by atoms with E-state index in [9.17, 15) is 5.11 Å². The molecule has 3 nitrogen and oxygen atoms in total. The van der Waals surface area contributed by atoms with E-state index in [0.29, 0.717) is 0 Å². The summed E-state index contributed by atoms with van der Waals surface area (Å²) in [5, 5.41) is 16.9. The summed E-state index contributed by atoms with van der Waals surface area (Å²) in [4.78, 5) is 2.23. The predicted octanol–water partition coefficient (Wildman–Crippen LogP) is 13.3. The predicted molar refractivity (Wildman–Crippen MR) is 259 cm³/mol. The molecule has 0 saturated heterocycles. The second-order valence-corrected chi connectivity index (χ2v) is 16.9. The third kappa shape index (κ3) is 5.81. The highest BCUT2D eigenvalue weighted by Crippen LogP contribution is 2.48. The van der Waals surface area contributed by atoms with Crippen LogP contribution in [0.2, 0.25) is 0 Å². The molecule has 0 fully saturated rings. The third-order valence-electron chi connectivity index (χ3n) is 12.9. The molecule has 1 aliphatic rings. The second-order valence-electron chi connectivity index (χ2n) is 16.9. The maximum atomic E-state index is 12.4. The first-order valence-corrected chi connectivity index (χ1v) is 21.2. The molecule has 0 radical (unpaired) electrons. The van der Waals surface area contributed by atoms with Crippen LogP contribution in [-0.2, 0) is 0 Å². The molecule has 0 bridgehead atoms. The molecular formula is C57H44BNO2. The molecule has 0 aliphatic carbocycles. The Labute approximate surface area is 357 Å². The molecule has 61 heavy (non-hydrogen) atoms. The zero-order valence-electron chi connectivity index (χ0n) is 35.0. The molecule has 0 atom stereocenters. The molecule has 0 spiro atoms. The van der Waals surface area contributed by atoms with Gasteiger partial charge in [0.1, 0.15) is 11.3 Å². The largest absolute Gasteiger partial charge is 0.507 e. The van der Waals surface area contributed by atoms with Gasteiger partial charge in [0.05, 0.1) is 17.1 Å². The van der Waals surface area contributed by atoms with Crippen molar-refractivity contribution >= 4 is 72.9 Å². The molecule has 11 rings (SSSR count). The maximum absolute atomic E-state index is 12.4. The fraction of sp³-hybridized carbons (Fsp3) is 0.0877. The van der Waals surface area contributed by atoms with Gasteiger partial charge in [0.15, 0.2) is 5.58 Å². The third-order valence-corrected chi connectivity index (χ3v) is 12.9. The average Bonchev–Trinajstić information content (AvgIpc) is 3.65. The van der Waals surface area contributed by atoms with E-state index in [4.69, 9.17) is 4.42 Å². The fourth-order valence-electron chi connectivity index (χ4n) is 10.6. The minimum atomic E-state index is 0.0813. The molecule has 2 heterocycles. The monoisotopic (exact) mass is 785 g/mol. The van der Waals surface area contributed by atoms with Crippen LogP contribution in [0.25, 0.3) is 66.1 Å². The molecule has 10 aromatic rings. The molecular weight excluding hydrogens is 741 g/mol. The van der Waals surface area contributed by atoms with E-state index < -0.39 is 0 Å². The number of aromatic hydroxyl groups is 1. The quantitative estimate of drug-likeness (QED) is 0.171. The number of aryl methyl sites for hydroxylation is 5. The minimum absolute atomic E-state index is 0.0813. The summed E-state index contributed by atoms with van der Waals surface area (Å²) in [6.07, 6.45) is 0. The van der Waals surface area contributed by atoms with Gasteiger partial charge in [0.2, 0.25) is 6.71 Å². The van der Waals surface area contributed by atoms with E-state index in [2.05, 4.69) is 185 Å². The van der Waals surface area contributed by atoms with Gasteiger partial charge in [-0.3, -0.25) is 0 Å². The molecule has 0 unspecified atom stereocenters. The van der Waals surface area contributed by atoms with Crippen LogP contribution in [-0.4, -0.2) is 11.8 Å². The molecule has 0 amide bonds. The standard InChI is InChI=1S/C57H44BNO2/c1-34-29-36(3)55(37(4)30-34)58-49-28-27-42(45-19-13-20-46(54(45)49)48-32-35(2)31-38(5)56(48)58)43-26-25-40(33-52(43)60)59(50-22-11-9-17-41(50)39-15-7-6-8-16-39)51-23-14-21-47-44-18-10-12-24-53(44)61-57(47)51/h6-33,60H,1-5H3. The first-order chi connectivity index (χ1) is 29.7. The highest BCUT2D eigenvalue weighted by molar-refractivity contribution is 6.99. The van der Waals surface area contributed by atoms with Gasteiger partial charge in [-0.05, 0) is 98.0 Å². The highest BCUT2D eigenvalue weighted by atomic mass is 16.3. The van der Waals surface area contributed by atoms with Gasteiger partial charge in [0, 0.05) is 28.0 Å². The summed E-state index contributed by atoms with van der Waals surface area (Å²) in [7, 11) is 0. The van der Waals surface area contributed by atoms with Crippen LogP contribution < -0.4 is 21.3 Å². The van der Waals surface area contributed by atoms with Crippen molar-refractivity contribution in [1.29, 1.82) is 0 Å². The van der Waals surface area contributed by atoms with Crippen molar-refractivity contribution in [2.45, 2.75) is 34.6 Å². The van der Waals surface area contributed by atoms with Crippen LogP contribution in [0.1, 0.15) is 27.8 Å². The Balaban J connectivity index is 1.12. The lowest BCUT2D eigenvalue weighted by atomic mass is 9.32. The van der Waals surface area contributed by atoms with Gasteiger partial charge in [-0.15, -0.1) is 0 Å². The minimum Gasteiger partial charge on any atom is -0.507 e. The summed E-state index contributed by atoms with van der Waals surface area (Å²) >= 11 is 0. The first-order valence-electron chi connectivity index (χ1n) is 21.2. The normalized spacial score (nSPS) is 12.0. The summed E-state index contributed by atoms with van der Waals surface area (Å²) in [5.41, 5.74) is 21.4. The Morgan fingerprint density at radius 2 is 1.08 bits per heavy atom. The van der Waals surface area contributed by atoms with Crippen LogP contribution in [0.5, 0.6) is 5.75 Å². The van der Waals surface area contributed by atoms with Gasteiger partial charge < -0.3 is 14.4 Å². The second kappa shape index (κ2) is 14.2. The number of hydrogen-bond donors (Lipinski definition) is 1. The SMILES string of the molecule is Cc1cc(C)c(B2c3c(C)cc(C)cc3-c3cccc4c(-c5ccc(N(c6ccccc6-c6ccccc6)c6cccc7c6oc6ccccc67)cc5O)ccc2c34)c(C)c1. The van der Waals surface area contributed by atoms with Crippen LogP contribution in [0, 0.1) is 34.6 Å². The van der Waals surface area contributed by atoms with Crippen molar-refractivity contribution in [2.75, 3.05) is 4.90 Å². The van der Waals surface area contributed by atoms with Crippen LogP contribution in [0.3, 0.4) is 0 Å². The molecule has 0 saturated carbocycles. The Kier molecular flexibility index (Phi) is 8.54. The van der Waals surface area contributed by atoms with Gasteiger partial charge in [-0.2, -0.15) is 0 Å². The number of hydrogen-bond acceptors (Lipinski definition) is 3. The van der Waals surface area contributed by atoms with Crippen molar-refractivity contribution in [3.63, 3.8) is 0 Å². The smallest absolute Gasteiger partial charge is 0.243 e. The average molecular weight is 786 g/mol. The van der Waals surface area contributed by atoms with Crippen LogP contribution >= 0.6 is 0 Å². The molecule has 292 valence electrons. The Hall–Kier alpha value is -7.30. The first kappa shape index (κ1) is 36.8. The lowest BCUT2D eigenvalue weighted by Gasteiger charge is -2.32. The summed E-state index contributed by atoms with van der Waals surface area (Å²) < 4.78 is 6.66. The van der Waals surface area contributed by atoms with Gasteiger partial charge in [-0.25, -0.2) is 0 Å². The van der Waals surface area contributed by atoms with Crippen molar-refractivity contribution in [2.24, 2.45) is 0 Å². The topological polar surface area (TPSA) is 36.6 Å². The zero-order valence-corrected chi connectivity index (χ0v) is 35.0. The van der Waals surface area contributed by atoms with E-state index in [1.165, 1.54) is 60.7 Å². The fourth-order valence-corrected chi connectivity index (χ4v) is 10.6. The van der Waals surface area contributed by atoms with Crippen molar-refractivity contribution < 1.29 is 9.52 Å². The Bertz CT molecular complexity index is 3370. The summed E-state index contributed by atoms with van der Waals surface area (Å²) in [5.74, 6) is 0.210. The van der Waals surface area contributed by atoms with E-state index in [-0.39, 0.29) is 12.5 Å². The molecule has 1 N–H and O–H groups in total. The van der Waals surface area contributed by atoms with E-state index in [1.54, 1.807) is 0 Å². The number of fused-ring (bicyclic) bond motifs is 5. The summed E-state index contributed by atoms with van der Waals surface area (Å²) in [6, 6.07) is 60.2. The van der Waals surface area contributed by atoms with Gasteiger partial charge >= 0.3 is 0 Å². The van der Waals surface area contributed by atoms with Gasteiger partial charge in [-0.1, -0.05) is 178 Å². The number of nitrogens with zero attached hydrogens (tertiary/aromatic N) is 1. The van der Waals surface area contributed by atoms with E-state index >= 15 is 0 Å². The zero-order chi connectivity index (χ0) is 41.5. The number of rotatable bonds is 6. The summed E-state index contributed by atoms with van der Waals surface area (Å²) in [6.45, 7) is 11.3. The van der Waals surface area contributed by atoms with Crippen molar-refractivity contribution in [1.82, 2.24) is 0 Å². The molecule has 1 aliphatic heterocycles. The van der Waals surface area contributed by atoms with E-state index in [1.807, 2.05) is 24.3 Å². The Morgan fingerprint density at radius 3 is 1.89 bits per heavy atom. The lowest BCUT2D eigenvalue weighted by Crippen LogP contribution is -2.57. The number of para-hydroxylation sites is 3. The van der Waals surface area contributed by atoms with Crippen LogP contribution in [0.4, 0.5) is 17.1 Å². The van der Waals surface area contributed by atoms with Crippen molar-refractivity contribution in [3.8, 4) is 39.1 Å². The van der Waals surface area contributed by atoms with Crippen molar-refractivity contribution in [3.05, 3.63) is 198 Å². The number of furan rings is 1. The number of phenolic OH excluding ortho intramolecular Hbond substituents is 1.